The fourth-order valence-corrected chi connectivity index (χ4v) is 9.38. The minimum Gasteiger partial charge on any atom is -0.489 e. The number of benzene rings is 1. The van der Waals surface area contributed by atoms with E-state index in [1.54, 1.807) is 0 Å². The van der Waals surface area contributed by atoms with Crippen molar-refractivity contribution >= 4 is 7.60 Å². The van der Waals surface area contributed by atoms with Crippen LogP contribution in [-0.4, -0.2) is 39.3 Å². The van der Waals surface area contributed by atoms with Crippen LogP contribution >= 0.6 is 7.60 Å². The number of ether oxygens (including phenoxy) is 1. The Hall–Kier alpha value is -0.910. The molecule has 2 fully saturated rings. The van der Waals surface area contributed by atoms with E-state index in [0.717, 1.165) is 54.5 Å². The van der Waals surface area contributed by atoms with Gasteiger partial charge in [0, 0.05) is 51.5 Å². The second-order valence-corrected chi connectivity index (χ2v) is 20.0. The first-order valence-corrected chi connectivity index (χ1v) is 20.0. The normalized spacial score (nSPS) is 37.2. The summed E-state index contributed by atoms with van der Waals surface area (Å²) in [5.41, 5.74) is 2.17. The molecule has 46 heavy (non-hydrogen) atoms. The molecule has 6 nitrogen and oxygen atoms in total. The summed E-state index contributed by atoms with van der Waals surface area (Å²) < 4.78 is 27.6. The van der Waals surface area contributed by atoms with Crippen LogP contribution in [0, 0.1) is 11.8 Å². The first kappa shape index (κ1) is 39.5. The molecule has 266 valence electrons. The molecular weight excluding hydrogens is 591 g/mol. The summed E-state index contributed by atoms with van der Waals surface area (Å²) in [6.45, 7) is 35.8. The van der Waals surface area contributed by atoms with Gasteiger partial charge >= 0.3 is 7.60 Å². The van der Waals surface area contributed by atoms with E-state index in [9.17, 15) is 9.46 Å². The molecule has 0 spiro atoms. The van der Waals surface area contributed by atoms with E-state index in [1.807, 2.05) is 0 Å². The number of hydrogen-bond acceptors (Lipinski definition) is 5. The first-order chi connectivity index (χ1) is 20.8. The minimum atomic E-state index is -3.98. The summed E-state index contributed by atoms with van der Waals surface area (Å²) in [4.78, 5) is 11.5. The van der Waals surface area contributed by atoms with E-state index in [0.29, 0.717) is 12.3 Å². The molecule has 0 saturated carbocycles. The highest BCUT2D eigenvalue weighted by Crippen LogP contribution is 2.53. The summed E-state index contributed by atoms with van der Waals surface area (Å²) in [6, 6.07) is 4.25. The molecule has 2 aliphatic rings. The highest BCUT2D eigenvalue weighted by atomic mass is 31.2. The van der Waals surface area contributed by atoms with Gasteiger partial charge in [0.15, 0.2) is 0 Å². The van der Waals surface area contributed by atoms with E-state index in [-0.39, 0.29) is 57.3 Å². The van der Waals surface area contributed by atoms with Gasteiger partial charge in [0.2, 0.25) is 0 Å². The lowest BCUT2D eigenvalue weighted by Gasteiger charge is -2.53. The maximum Gasteiger partial charge on any atom is 0.332 e. The molecule has 9 atom stereocenters. The van der Waals surface area contributed by atoms with Gasteiger partial charge in [-0.15, -0.1) is 0 Å². The van der Waals surface area contributed by atoms with Crippen molar-refractivity contribution in [1.29, 1.82) is 0 Å². The number of piperidine rings is 2. The molecule has 7 heteroatoms. The summed E-state index contributed by atoms with van der Waals surface area (Å²) >= 11 is 0. The van der Waals surface area contributed by atoms with E-state index in [2.05, 4.69) is 134 Å². The lowest BCUT2D eigenvalue weighted by molar-refractivity contribution is -0.0185. The van der Waals surface area contributed by atoms with Crippen LogP contribution in [0.25, 0.3) is 0 Å². The molecule has 1 aromatic rings. The van der Waals surface area contributed by atoms with Crippen molar-refractivity contribution in [1.82, 2.24) is 10.6 Å². The molecule has 2 heterocycles. The lowest BCUT2D eigenvalue weighted by Crippen LogP contribution is -2.66. The van der Waals surface area contributed by atoms with Crippen molar-refractivity contribution in [2.75, 3.05) is 0 Å². The Balaban J connectivity index is 2.07. The molecule has 0 bridgehead atoms. The molecule has 0 radical (unpaired) electrons. The average molecular weight is 663 g/mol. The van der Waals surface area contributed by atoms with E-state index in [1.165, 1.54) is 0 Å². The zero-order valence-electron chi connectivity index (χ0n) is 32.5. The van der Waals surface area contributed by atoms with E-state index < -0.39 is 7.60 Å². The lowest BCUT2D eigenvalue weighted by atomic mass is 9.70. The topological polar surface area (TPSA) is 79.8 Å². The molecule has 3 rings (SSSR count). The molecule has 3 N–H and O–H groups in total. The summed E-state index contributed by atoms with van der Waals surface area (Å²) in [7, 11) is -3.98. The third kappa shape index (κ3) is 8.44. The van der Waals surface area contributed by atoms with Crippen LogP contribution in [0.15, 0.2) is 12.1 Å². The predicted molar refractivity (Wildman–Crippen MR) is 195 cm³/mol. The van der Waals surface area contributed by atoms with Gasteiger partial charge in [0.05, 0.1) is 12.3 Å². The van der Waals surface area contributed by atoms with Gasteiger partial charge in [-0.2, -0.15) is 0 Å². The van der Waals surface area contributed by atoms with Crippen molar-refractivity contribution in [2.24, 2.45) is 11.8 Å². The van der Waals surface area contributed by atoms with Gasteiger partial charge in [0.1, 0.15) is 11.9 Å². The van der Waals surface area contributed by atoms with Crippen LogP contribution in [0.2, 0.25) is 0 Å². The molecule has 2 aliphatic heterocycles. The highest BCUT2D eigenvalue weighted by Gasteiger charge is 2.50. The maximum atomic E-state index is 14.0. The standard InChI is InChI=1S/C39H71N2O4P/c1-17-36(13)23-31(26(5)38(15,19-3)40-36)44-33-29(34(7,8)9)21-28(22-30(33)35(10,11)12)25-46(42,43)45-32-24-37(14,18-2)41-39(16,20-4)27(32)6/h21-22,26-27,31-32,40-41H,17-20,23-25H2,1-16H3,(H,42,43). The van der Waals surface area contributed by atoms with Crippen LogP contribution in [0.4, 0.5) is 0 Å². The van der Waals surface area contributed by atoms with Crippen molar-refractivity contribution in [3.05, 3.63) is 28.8 Å². The Bertz CT molecular complexity index is 1230. The Morgan fingerprint density at radius 2 is 1.15 bits per heavy atom. The van der Waals surface area contributed by atoms with Gasteiger partial charge in [-0.1, -0.05) is 95.2 Å². The first-order valence-electron chi connectivity index (χ1n) is 18.2. The van der Waals surface area contributed by atoms with Gasteiger partial charge in [-0.3, -0.25) is 4.57 Å². The Morgan fingerprint density at radius 1 is 0.761 bits per heavy atom. The van der Waals surface area contributed by atoms with Crippen molar-refractivity contribution in [3.63, 3.8) is 0 Å². The third-order valence-corrected chi connectivity index (χ3v) is 13.7. The zero-order valence-corrected chi connectivity index (χ0v) is 33.4. The van der Waals surface area contributed by atoms with Crippen molar-refractivity contribution in [3.8, 4) is 5.75 Å². The summed E-state index contributed by atoms with van der Waals surface area (Å²) in [5.74, 6) is 1.34. The van der Waals surface area contributed by atoms with Crippen LogP contribution in [0.3, 0.4) is 0 Å². The van der Waals surface area contributed by atoms with Gasteiger partial charge in [-0.25, -0.2) is 0 Å². The zero-order chi connectivity index (χ0) is 35.3. The van der Waals surface area contributed by atoms with Gasteiger partial charge < -0.3 is 24.8 Å². The average Bonchev–Trinajstić information content (AvgIpc) is 2.93. The summed E-state index contributed by atoms with van der Waals surface area (Å²) in [5, 5.41) is 7.85. The Morgan fingerprint density at radius 3 is 1.52 bits per heavy atom. The molecular formula is C39H71N2O4P. The second-order valence-electron chi connectivity index (χ2n) is 18.2. The fraction of sp³-hybridized carbons (Fsp3) is 0.846. The van der Waals surface area contributed by atoms with E-state index >= 15 is 0 Å². The maximum absolute atomic E-state index is 14.0. The SMILES string of the molecule is CCC1(C)CC(Oc2c(C(C)(C)C)cc(CP(=O)(O)OC3CC(C)(CC)NC(C)(CC)C3C)cc2C(C)(C)C)C(C)C(C)(CC)N1. The predicted octanol–water partition coefficient (Wildman–Crippen LogP) is 10.0. The monoisotopic (exact) mass is 663 g/mol. The largest absolute Gasteiger partial charge is 0.489 e. The third-order valence-electron chi connectivity index (χ3n) is 12.3. The van der Waals surface area contributed by atoms with E-state index in [4.69, 9.17) is 9.26 Å². The smallest absolute Gasteiger partial charge is 0.332 e. The number of nitrogens with one attached hydrogen (secondary N) is 2. The van der Waals surface area contributed by atoms with Crippen LogP contribution < -0.4 is 15.4 Å². The number of rotatable bonds is 10. The van der Waals surface area contributed by atoms with Crippen LogP contribution in [0.5, 0.6) is 5.75 Å². The molecule has 9 unspecified atom stereocenters. The molecule has 0 aromatic heterocycles. The van der Waals surface area contributed by atoms with Crippen molar-refractivity contribution < 1.29 is 18.7 Å². The Labute approximate surface area is 283 Å². The number of hydrogen-bond donors (Lipinski definition) is 3. The quantitative estimate of drug-likeness (QED) is 0.217. The van der Waals surface area contributed by atoms with Crippen LogP contribution in [0.1, 0.15) is 166 Å². The molecule has 0 aliphatic carbocycles. The van der Waals surface area contributed by atoms with Gasteiger partial charge in [-0.05, 0) is 76.2 Å². The molecule has 0 amide bonds. The van der Waals surface area contributed by atoms with Gasteiger partial charge in [0.25, 0.3) is 0 Å². The highest BCUT2D eigenvalue weighted by molar-refractivity contribution is 7.52. The fourth-order valence-electron chi connectivity index (χ4n) is 7.98. The second kappa shape index (κ2) is 13.4. The van der Waals surface area contributed by atoms with Crippen LogP contribution in [-0.2, 0) is 26.1 Å². The molecule has 1 aromatic carbocycles. The minimum absolute atomic E-state index is 0.0139. The van der Waals surface area contributed by atoms with Crippen molar-refractivity contribution in [2.45, 2.75) is 201 Å². The molecule has 2 saturated heterocycles. The summed E-state index contributed by atoms with van der Waals surface area (Å²) in [6.07, 6.45) is 5.26. The Kier molecular flexibility index (Phi) is 11.5.